The molecule has 0 aliphatic carbocycles. The zero-order valence-electron chi connectivity index (χ0n) is 12.0. The first-order chi connectivity index (χ1) is 9.39. The Bertz CT molecular complexity index is 530. The predicted molar refractivity (Wildman–Crippen MR) is 78.3 cm³/mol. The van der Waals surface area contributed by atoms with Gasteiger partial charge in [0.25, 0.3) is 0 Å². The fourth-order valence-corrected chi connectivity index (χ4v) is 2.78. The van der Waals surface area contributed by atoms with Crippen LogP contribution in [0.15, 0.2) is 16.6 Å². The second-order valence-electron chi connectivity index (χ2n) is 5.37. The monoisotopic (exact) mass is 343 g/mol. The molecule has 1 fully saturated rings. The van der Waals surface area contributed by atoms with Gasteiger partial charge in [-0.15, -0.1) is 0 Å². The second kappa shape index (κ2) is 5.52. The molecular weight excluding hydrogens is 326 g/mol. The van der Waals surface area contributed by atoms with Crippen LogP contribution >= 0.6 is 15.9 Å². The minimum atomic E-state index is -0.418. The maximum atomic E-state index is 11.5. The lowest BCUT2D eigenvalue weighted by Crippen LogP contribution is -2.47. The minimum absolute atomic E-state index is 0.208. The lowest BCUT2D eigenvalue weighted by molar-refractivity contribution is 0.0380. The number of hydrogen-bond acceptors (Lipinski definition) is 4. The summed E-state index contributed by atoms with van der Waals surface area (Å²) in [6.07, 6.45) is -0.418. The molecule has 1 aliphatic heterocycles. The number of hydrogen-bond donors (Lipinski definition) is 1. The van der Waals surface area contributed by atoms with Gasteiger partial charge in [0.2, 0.25) is 0 Å². The third-order valence-corrected chi connectivity index (χ3v) is 4.05. The van der Waals surface area contributed by atoms with Crippen molar-refractivity contribution in [3.05, 3.63) is 22.2 Å². The molecule has 110 valence electrons. The van der Waals surface area contributed by atoms with Crippen molar-refractivity contribution in [3.8, 4) is 11.5 Å². The van der Waals surface area contributed by atoms with Gasteiger partial charge in [0.1, 0.15) is 18.1 Å². The Morgan fingerprint density at radius 1 is 1.30 bits per heavy atom. The van der Waals surface area contributed by atoms with E-state index in [2.05, 4.69) is 21.2 Å². The topological polar surface area (TPSA) is 56.8 Å². The van der Waals surface area contributed by atoms with E-state index < -0.39 is 6.09 Å². The summed E-state index contributed by atoms with van der Waals surface area (Å²) >= 11 is 3.43. The van der Waals surface area contributed by atoms with Gasteiger partial charge >= 0.3 is 6.09 Å². The lowest BCUT2D eigenvalue weighted by atomic mass is 9.80. The number of alkyl carbamates (subject to hydrolysis) is 1. The number of cyclic esters (lactones) is 1. The van der Waals surface area contributed by atoms with E-state index in [0.717, 1.165) is 10.0 Å². The van der Waals surface area contributed by atoms with Crippen LogP contribution in [0.2, 0.25) is 0 Å². The highest BCUT2D eigenvalue weighted by Crippen LogP contribution is 2.43. The molecule has 6 heteroatoms. The van der Waals surface area contributed by atoms with Crippen molar-refractivity contribution >= 4 is 22.0 Å². The van der Waals surface area contributed by atoms with Gasteiger partial charge in [0.15, 0.2) is 0 Å². The molecule has 0 unspecified atom stereocenters. The van der Waals surface area contributed by atoms with Crippen LogP contribution in [-0.2, 0) is 4.74 Å². The Morgan fingerprint density at radius 3 is 2.55 bits per heavy atom. The van der Waals surface area contributed by atoms with Gasteiger partial charge in [-0.25, -0.2) is 4.79 Å². The number of carbonyl (C=O) groups is 1. The summed E-state index contributed by atoms with van der Waals surface area (Å²) in [6.45, 7) is 4.42. The average molecular weight is 344 g/mol. The normalized spacial score (nSPS) is 20.9. The van der Waals surface area contributed by atoms with Gasteiger partial charge in [-0.1, -0.05) is 13.8 Å². The molecule has 1 saturated heterocycles. The van der Waals surface area contributed by atoms with Crippen molar-refractivity contribution in [1.29, 1.82) is 0 Å². The Kier molecular flexibility index (Phi) is 4.13. The molecule has 0 aromatic heterocycles. The zero-order valence-corrected chi connectivity index (χ0v) is 13.5. The molecule has 0 spiro atoms. The highest BCUT2D eigenvalue weighted by molar-refractivity contribution is 9.10. The summed E-state index contributed by atoms with van der Waals surface area (Å²) in [4.78, 5) is 11.5. The number of halogens is 1. The molecule has 1 heterocycles. The van der Waals surface area contributed by atoms with E-state index in [1.54, 1.807) is 14.2 Å². The van der Waals surface area contributed by atoms with Crippen LogP contribution in [-0.4, -0.2) is 26.9 Å². The van der Waals surface area contributed by atoms with Crippen molar-refractivity contribution < 1.29 is 19.0 Å². The summed E-state index contributed by atoms with van der Waals surface area (Å²) < 4.78 is 16.6. The summed E-state index contributed by atoms with van der Waals surface area (Å²) in [6, 6.07) is 3.51. The van der Waals surface area contributed by atoms with Crippen molar-refractivity contribution in [2.24, 2.45) is 5.41 Å². The van der Waals surface area contributed by atoms with Crippen LogP contribution < -0.4 is 14.8 Å². The zero-order chi connectivity index (χ0) is 14.9. The maximum Gasteiger partial charge on any atom is 0.407 e. The Hall–Kier alpha value is -1.43. The number of nitrogens with one attached hydrogen (secondary N) is 1. The van der Waals surface area contributed by atoms with Gasteiger partial charge in [0.05, 0.1) is 24.7 Å². The number of rotatable bonds is 3. The standard InChI is InChI=1S/C14H18BrNO4/c1-14(2)7-20-13(17)16-12(14)8-5-11(19-4)9(15)6-10(8)18-3/h5-6,12H,7H2,1-4H3,(H,16,17)/t12-/m0/s1. The molecule has 0 saturated carbocycles. The third-order valence-electron chi connectivity index (χ3n) is 3.43. The number of amides is 1. The molecule has 2 rings (SSSR count). The van der Waals surface area contributed by atoms with Crippen LogP contribution in [0.1, 0.15) is 25.5 Å². The summed E-state index contributed by atoms with van der Waals surface area (Å²) in [5.41, 5.74) is 0.620. The molecule has 20 heavy (non-hydrogen) atoms. The third kappa shape index (κ3) is 2.70. The number of carbonyl (C=O) groups excluding carboxylic acids is 1. The van der Waals surface area contributed by atoms with Gasteiger partial charge in [-0.3, -0.25) is 0 Å². The molecule has 1 atom stereocenters. The highest BCUT2D eigenvalue weighted by atomic mass is 79.9. The van der Waals surface area contributed by atoms with Crippen molar-refractivity contribution in [1.82, 2.24) is 5.32 Å². The van der Waals surface area contributed by atoms with Crippen LogP contribution in [0.3, 0.4) is 0 Å². The molecule has 1 aromatic rings. The summed E-state index contributed by atoms with van der Waals surface area (Å²) in [5.74, 6) is 1.38. The van der Waals surface area contributed by atoms with Crippen molar-refractivity contribution in [3.63, 3.8) is 0 Å². The molecule has 5 nitrogen and oxygen atoms in total. The molecule has 1 amide bonds. The first-order valence-electron chi connectivity index (χ1n) is 6.23. The largest absolute Gasteiger partial charge is 0.496 e. The fraction of sp³-hybridized carbons (Fsp3) is 0.500. The van der Waals surface area contributed by atoms with E-state index in [0.29, 0.717) is 18.1 Å². The fourth-order valence-electron chi connectivity index (χ4n) is 2.30. The molecule has 0 radical (unpaired) electrons. The Labute approximate surface area is 126 Å². The quantitative estimate of drug-likeness (QED) is 0.914. The van der Waals surface area contributed by atoms with Crippen molar-refractivity contribution in [2.75, 3.05) is 20.8 Å². The second-order valence-corrected chi connectivity index (χ2v) is 6.23. The number of methoxy groups -OCH3 is 2. The van der Waals surface area contributed by atoms with Gasteiger partial charge in [-0.2, -0.15) is 0 Å². The lowest BCUT2D eigenvalue weighted by Gasteiger charge is -2.39. The summed E-state index contributed by atoms with van der Waals surface area (Å²) in [7, 11) is 3.20. The van der Waals surface area contributed by atoms with E-state index in [1.807, 2.05) is 26.0 Å². The minimum Gasteiger partial charge on any atom is -0.496 e. The Morgan fingerprint density at radius 2 is 1.95 bits per heavy atom. The van der Waals surface area contributed by atoms with E-state index >= 15 is 0 Å². The van der Waals surface area contributed by atoms with Gasteiger partial charge in [-0.05, 0) is 28.1 Å². The SMILES string of the molecule is COc1cc([C@@H]2NC(=O)OCC2(C)C)c(OC)cc1Br. The van der Waals surface area contributed by atoms with Crippen molar-refractivity contribution in [2.45, 2.75) is 19.9 Å². The first-order valence-corrected chi connectivity index (χ1v) is 7.03. The highest BCUT2D eigenvalue weighted by Gasteiger charge is 2.39. The van der Waals surface area contributed by atoms with E-state index in [9.17, 15) is 4.79 Å². The van der Waals surface area contributed by atoms with E-state index in [4.69, 9.17) is 14.2 Å². The molecule has 1 aromatic carbocycles. The number of benzene rings is 1. The van der Waals surface area contributed by atoms with Crippen LogP contribution in [0.4, 0.5) is 4.79 Å². The summed E-state index contributed by atoms with van der Waals surface area (Å²) in [5, 5.41) is 2.86. The molecule has 1 N–H and O–H groups in total. The average Bonchev–Trinajstić information content (AvgIpc) is 2.41. The van der Waals surface area contributed by atoms with Crippen LogP contribution in [0, 0.1) is 5.41 Å². The number of ether oxygens (including phenoxy) is 3. The Balaban J connectivity index is 2.51. The first kappa shape index (κ1) is 15.0. The van der Waals surface area contributed by atoms with E-state index in [-0.39, 0.29) is 11.5 Å². The molecular formula is C14H18BrNO4. The van der Waals surface area contributed by atoms with Gasteiger partial charge < -0.3 is 19.5 Å². The van der Waals surface area contributed by atoms with Crippen LogP contribution in [0.25, 0.3) is 0 Å². The molecule has 0 bridgehead atoms. The van der Waals surface area contributed by atoms with Crippen LogP contribution in [0.5, 0.6) is 11.5 Å². The van der Waals surface area contributed by atoms with E-state index in [1.165, 1.54) is 0 Å². The maximum absolute atomic E-state index is 11.5. The molecule has 1 aliphatic rings. The smallest absolute Gasteiger partial charge is 0.407 e. The predicted octanol–water partition coefficient (Wildman–Crippen LogP) is 3.27. The van der Waals surface area contributed by atoms with Gasteiger partial charge in [0, 0.05) is 11.0 Å².